The number of sulfonamides is 1. The highest BCUT2D eigenvalue weighted by Crippen LogP contribution is 2.11. The van der Waals surface area contributed by atoms with Gasteiger partial charge >= 0.3 is 0 Å². The molecule has 1 amide bonds. The summed E-state index contributed by atoms with van der Waals surface area (Å²) in [5.41, 5.74) is 0.705. The maximum atomic E-state index is 11.8. The van der Waals surface area contributed by atoms with E-state index in [2.05, 4.69) is 5.32 Å². The molecular weight excluding hydrogens is 276 g/mol. The van der Waals surface area contributed by atoms with Gasteiger partial charge in [0.25, 0.3) is 0 Å². The molecule has 0 aliphatic carbocycles. The average Bonchev–Trinajstić information content (AvgIpc) is 2.35. The van der Waals surface area contributed by atoms with Gasteiger partial charge in [-0.05, 0) is 44.4 Å². The van der Waals surface area contributed by atoms with Gasteiger partial charge in [0.2, 0.25) is 15.9 Å². The van der Waals surface area contributed by atoms with E-state index in [1.807, 2.05) is 20.8 Å². The summed E-state index contributed by atoms with van der Waals surface area (Å²) in [5, 5.41) is 7.98. The van der Waals surface area contributed by atoms with E-state index in [1.54, 1.807) is 12.1 Å². The molecule has 0 heterocycles. The zero-order chi connectivity index (χ0) is 15.4. The molecule has 0 aromatic heterocycles. The van der Waals surface area contributed by atoms with Crippen LogP contribution in [-0.2, 0) is 21.2 Å². The summed E-state index contributed by atoms with van der Waals surface area (Å²) in [6.45, 7) is 5.98. The van der Waals surface area contributed by atoms with E-state index in [4.69, 9.17) is 5.14 Å². The van der Waals surface area contributed by atoms with Crippen LogP contribution in [0.1, 0.15) is 39.2 Å². The second-order valence-electron chi connectivity index (χ2n) is 5.47. The monoisotopic (exact) mass is 298 g/mol. The third-order valence-corrected chi connectivity index (χ3v) is 4.18. The van der Waals surface area contributed by atoms with Gasteiger partial charge in [0.15, 0.2) is 0 Å². The SMILES string of the molecule is CCC(C)(C)NC(=O)CCc1ccc(S(N)(=O)=O)cc1. The number of nitrogens with one attached hydrogen (secondary N) is 1. The summed E-state index contributed by atoms with van der Waals surface area (Å²) >= 11 is 0. The summed E-state index contributed by atoms with van der Waals surface area (Å²) in [6.07, 6.45) is 1.80. The minimum Gasteiger partial charge on any atom is -0.351 e. The van der Waals surface area contributed by atoms with Gasteiger partial charge in [0, 0.05) is 12.0 Å². The first-order valence-electron chi connectivity index (χ1n) is 6.57. The van der Waals surface area contributed by atoms with E-state index in [0.29, 0.717) is 12.8 Å². The van der Waals surface area contributed by atoms with Crippen LogP contribution in [-0.4, -0.2) is 19.9 Å². The van der Waals surface area contributed by atoms with Crippen LogP contribution in [0.5, 0.6) is 0 Å². The lowest BCUT2D eigenvalue weighted by atomic mass is 10.0. The summed E-state index contributed by atoms with van der Waals surface area (Å²) < 4.78 is 22.2. The largest absolute Gasteiger partial charge is 0.351 e. The summed E-state index contributed by atoms with van der Waals surface area (Å²) in [6, 6.07) is 6.27. The highest BCUT2D eigenvalue weighted by Gasteiger charge is 2.17. The highest BCUT2D eigenvalue weighted by atomic mass is 32.2. The van der Waals surface area contributed by atoms with Crippen molar-refractivity contribution in [2.75, 3.05) is 0 Å². The molecule has 0 bridgehead atoms. The number of benzene rings is 1. The van der Waals surface area contributed by atoms with Gasteiger partial charge in [-0.15, -0.1) is 0 Å². The average molecular weight is 298 g/mol. The van der Waals surface area contributed by atoms with Gasteiger partial charge in [-0.2, -0.15) is 0 Å². The Labute approximate surface area is 120 Å². The maximum Gasteiger partial charge on any atom is 0.238 e. The van der Waals surface area contributed by atoms with Gasteiger partial charge in [0.05, 0.1) is 4.90 Å². The molecule has 0 fully saturated rings. The number of carbonyl (C=O) groups excluding carboxylic acids is 1. The van der Waals surface area contributed by atoms with Gasteiger partial charge in [-0.25, -0.2) is 13.6 Å². The fourth-order valence-corrected chi connectivity index (χ4v) is 2.15. The van der Waals surface area contributed by atoms with Crippen LogP contribution in [0.3, 0.4) is 0 Å². The van der Waals surface area contributed by atoms with Crippen LogP contribution in [0, 0.1) is 0 Å². The molecule has 0 unspecified atom stereocenters. The molecule has 0 spiro atoms. The molecule has 0 aliphatic heterocycles. The second-order valence-corrected chi connectivity index (χ2v) is 7.04. The van der Waals surface area contributed by atoms with Crippen LogP contribution in [0.2, 0.25) is 0 Å². The molecule has 20 heavy (non-hydrogen) atoms. The van der Waals surface area contributed by atoms with Crippen molar-refractivity contribution in [3.8, 4) is 0 Å². The van der Waals surface area contributed by atoms with E-state index in [0.717, 1.165) is 12.0 Å². The Morgan fingerprint density at radius 1 is 1.25 bits per heavy atom. The van der Waals surface area contributed by atoms with E-state index < -0.39 is 10.0 Å². The molecule has 0 atom stereocenters. The molecule has 0 saturated carbocycles. The van der Waals surface area contributed by atoms with Gasteiger partial charge in [0.1, 0.15) is 0 Å². The van der Waals surface area contributed by atoms with E-state index in [9.17, 15) is 13.2 Å². The van der Waals surface area contributed by atoms with Crippen LogP contribution in [0.25, 0.3) is 0 Å². The molecule has 1 aromatic rings. The fourth-order valence-electron chi connectivity index (χ4n) is 1.63. The minimum absolute atomic E-state index is 0.00706. The third kappa shape index (κ3) is 5.30. The Hall–Kier alpha value is -1.40. The number of hydrogen-bond donors (Lipinski definition) is 2. The maximum absolute atomic E-state index is 11.8. The van der Waals surface area contributed by atoms with Crippen LogP contribution in [0.15, 0.2) is 29.2 Å². The molecule has 0 radical (unpaired) electrons. The summed E-state index contributed by atoms with van der Waals surface area (Å²) in [4.78, 5) is 11.9. The number of primary sulfonamides is 1. The first kappa shape index (κ1) is 16.7. The zero-order valence-corrected chi connectivity index (χ0v) is 13.0. The van der Waals surface area contributed by atoms with E-state index in [-0.39, 0.29) is 16.3 Å². The first-order valence-corrected chi connectivity index (χ1v) is 8.11. The second kappa shape index (κ2) is 6.37. The van der Waals surface area contributed by atoms with E-state index in [1.165, 1.54) is 12.1 Å². The fraction of sp³-hybridized carbons (Fsp3) is 0.500. The highest BCUT2D eigenvalue weighted by molar-refractivity contribution is 7.89. The number of hydrogen-bond acceptors (Lipinski definition) is 3. The summed E-state index contributed by atoms with van der Waals surface area (Å²) in [5.74, 6) is -0.00706. The molecule has 5 nitrogen and oxygen atoms in total. The lowest BCUT2D eigenvalue weighted by Crippen LogP contribution is -2.42. The topological polar surface area (TPSA) is 89.3 Å². The van der Waals surface area contributed by atoms with Crippen molar-refractivity contribution in [2.45, 2.75) is 50.5 Å². The molecule has 1 rings (SSSR count). The molecule has 112 valence electrons. The lowest BCUT2D eigenvalue weighted by Gasteiger charge is -2.24. The van der Waals surface area contributed by atoms with Crippen molar-refractivity contribution in [3.05, 3.63) is 29.8 Å². The van der Waals surface area contributed by atoms with Crippen molar-refractivity contribution in [2.24, 2.45) is 5.14 Å². The number of aryl methyl sites for hydroxylation is 1. The predicted molar refractivity (Wildman–Crippen MR) is 78.6 cm³/mol. The first-order chi connectivity index (χ1) is 9.14. The van der Waals surface area contributed by atoms with Gasteiger partial charge in [-0.1, -0.05) is 19.1 Å². The number of amides is 1. The Kier molecular flexibility index (Phi) is 5.30. The lowest BCUT2D eigenvalue weighted by molar-refractivity contribution is -0.122. The zero-order valence-electron chi connectivity index (χ0n) is 12.1. The van der Waals surface area contributed by atoms with Crippen LogP contribution >= 0.6 is 0 Å². The van der Waals surface area contributed by atoms with Gasteiger partial charge in [-0.3, -0.25) is 4.79 Å². The normalized spacial score (nSPS) is 12.2. The van der Waals surface area contributed by atoms with Gasteiger partial charge < -0.3 is 5.32 Å². The van der Waals surface area contributed by atoms with Crippen molar-refractivity contribution in [1.29, 1.82) is 0 Å². The number of carbonyl (C=O) groups is 1. The van der Waals surface area contributed by atoms with Crippen molar-refractivity contribution in [1.82, 2.24) is 5.32 Å². The van der Waals surface area contributed by atoms with Crippen molar-refractivity contribution in [3.63, 3.8) is 0 Å². The van der Waals surface area contributed by atoms with E-state index >= 15 is 0 Å². The van der Waals surface area contributed by atoms with Crippen LogP contribution < -0.4 is 10.5 Å². The summed E-state index contributed by atoms with van der Waals surface area (Å²) in [7, 11) is -3.66. The van der Waals surface area contributed by atoms with Crippen molar-refractivity contribution >= 4 is 15.9 Å². The number of nitrogens with two attached hydrogens (primary N) is 1. The molecular formula is C14H22N2O3S. The Morgan fingerprint density at radius 2 is 1.80 bits per heavy atom. The van der Waals surface area contributed by atoms with Crippen LogP contribution in [0.4, 0.5) is 0 Å². The predicted octanol–water partition coefficient (Wildman–Crippen LogP) is 1.57. The smallest absolute Gasteiger partial charge is 0.238 e. The third-order valence-electron chi connectivity index (χ3n) is 3.25. The number of rotatable bonds is 6. The standard InChI is InChI=1S/C14H22N2O3S/c1-4-14(2,3)16-13(17)10-7-11-5-8-12(9-6-11)20(15,18)19/h5-6,8-9H,4,7,10H2,1-3H3,(H,16,17)(H2,15,18,19). The molecule has 0 aliphatic rings. The Morgan fingerprint density at radius 3 is 2.25 bits per heavy atom. The Balaban J connectivity index is 2.57. The Bertz CT molecular complexity index is 563. The minimum atomic E-state index is -3.66. The molecule has 1 aromatic carbocycles. The molecule has 6 heteroatoms. The molecule has 3 N–H and O–H groups in total. The quantitative estimate of drug-likeness (QED) is 0.835. The van der Waals surface area contributed by atoms with Crippen molar-refractivity contribution < 1.29 is 13.2 Å². The molecule has 0 saturated heterocycles.